The summed E-state index contributed by atoms with van der Waals surface area (Å²) >= 11 is 0. The van der Waals surface area contributed by atoms with Crippen molar-refractivity contribution in [3.05, 3.63) is 23.2 Å². The van der Waals surface area contributed by atoms with Crippen LogP contribution in [-0.2, 0) is 17.9 Å². The van der Waals surface area contributed by atoms with Crippen molar-refractivity contribution in [1.29, 1.82) is 0 Å². The highest BCUT2D eigenvalue weighted by atomic mass is 16.5. The number of rotatable bonds is 6. The van der Waals surface area contributed by atoms with E-state index in [4.69, 9.17) is 14.9 Å². The molecule has 0 aromatic carbocycles. The normalized spacial score (nSPS) is 11.3. The lowest BCUT2D eigenvalue weighted by Crippen LogP contribution is -1.99. The summed E-state index contributed by atoms with van der Waals surface area (Å²) in [5, 5.41) is 0. The number of furan rings is 1. The summed E-state index contributed by atoms with van der Waals surface area (Å²) in [5.74, 6) is 2.44. The molecular formula is C12H21NO2. The molecule has 0 amide bonds. The molecule has 0 aliphatic carbocycles. The molecule has 0 saturated carbocycles. The second kappa shape index (κ2) is 5.93. The van der Waals surface area contributed by atoms with Gasteiger partial charge in [-0.05, 0) is 25.3 Å². The second-order valence-electron chi connectivity index (χ2n) is 4.23. The Morgan fingerprint density at radius 2 is 2.20 bits per heavy atom. The number of hydrogen-bond donors (Lipinski definition) is 1. The average molecular weight is 211 g/mol. The van der Waals surface area contributed by atoms with Crippen molar-refractivity contribution in [2.75, 3.05) is 6.61 Å². The quantitative estimate of drug-likeness (QED) is 0.736. The molecule has 1 aromatic rings. The summed E-state index contributed by atoms with van der Waals surface area (Å²) < 4.78 is 11.0. The Bertz CT molecular complexity index is 292. The van der Waals surface area contributed by atoms with E-state index in [-0.39, 0.29) is 0 Å². The number of aryl methyl sites for hydroxylation is 1. The molecule has 0 fully saturated rings. The van der Waals surface area contributed by atoms with Crippen LogP contribution in [0.25, 0.3) is 0 Å². The van der Waals surface area contributed by atoms with Crippen LogP contribution in [0.1, 0.15) is 37.4 Å². The Hall–Kier alpha value is -0.800. The molecule has 0 bridgehead atoms. The molecule has 1 heterocycles. The van der Waals surface area contributed by atoms with Crippen molar-refractivity contribution >= 4 is 0 Å². The van der Waals surface area contributed by atoms with E-state index in [0.717, 1.165) is 30.1 Å². The molecule has 2 N–H and O–H groups in total. The molecule has 3 nitrogen and oxygen atoms in total. The largest absolute Gasteiger partial charge is 0.465 e. The molecule has 0 aliphatic heterocycles. The van der Waals surface area contributed by atoms with Gasteiger partial charge in [-0.1, -0.05) is 13.8 Å². The predicted molar refractivity (Wildman–Crippen MR) is 60.4 cm³/mol. The van der Waals surface area contributed by atoms with Crippen molar-refractivity contribution in [1.82, 2.24) is 0 Å². The van der Waals surface area contributed by atoms with Crippen LogP contribution >= 0.6 is 0 Å². The molecule has 0 radical (unpaired) electrons. The van der Waals surface area contributed by atoms with Crippen LogP contribution in [-0.4, -0.2) is 6.61 Å². The maximum atomic E-state index is 5.57. The van der Waals surface area contributed by atoms with Crippen molar-refractivity contribution in [3.63, 3.8) is 0 Å². The molecule has 86 valence electrons. The lowest BCUT2D eigenvalue weighted by Gasteiger charge is -2.05. The van der Waals surface area contributed by atoms with Gasteiger partial charge >= 0.3 is 0 Å². The SMILES string of the molecule is Cc1oc(CN)cc1COCCC(C)C. The van der Waals surface area contributed by atoms with Crippen molar-refractivity contribution in [2.24, 2.45) is 11.7 Å². The summed E-state index contributed by atoms with van der Waals surface area (Å²) in [6.45, 7) is 8.22. The minimum atomic E-state index is 0.451. The number of nitrogens with two attached hydrogens (primary N) is 1. The third kappa shape index (κ3) is 4.06. The monoisotopic (exact) mass is 211 g/mol. The minimum absolute atomic E-state index is 0.451. The van der Waals surface area contributed by atoms with Crippen LogP contribution < -0.4 is 5.73 Å². The average Bonchev–Trinajstić information content (AvgIpc) is 2.54. The highest BCUT2D eigenvalue weighted by molar-refractivity contribution is 5.19. The standard InChI is InChI=1S/C12H21NO2/c1-9(2)4-5-14-8-11-6-12(7-13)15-10(11)3/h6,9H,4-5,7-8,13H2,1-3H3. The summed E-state index contributed by atoms with van der Waals surface area (Å²) in [6.07, 6.45) is 1.10. The molecular weight excluding hydrogens is 190 g/mol. The summed E-state index contributed by atoms with van der Waals surface area (Å²) in [4.78, 5) is 0. The molecule has 0 unspecified atom stereocenters. The van der Waals surface area contributed by atoms with Crippen LogP contribution in [0.3, 0.4) is 0 Å². The van der Waals surface area contributed by atoms with Gasteiger partial charge in [-0.3, -0.25) is 0 Å². The van der Waals surface area contributed by atoms with Gasteiger partial charge in [0.05, 0.1) is 13.2 Å². The van der Waals surface area contributed by atoms with Gasteiger partial charge in [0.2, 0.25) is 0 Å². The minimum Gasteiger partial charge on any atom is -0.465 e. The molecule has 1 aromatic heterocycles. The third-order valence-electron chi connectivity index (χ3n) is 2.37. The zero-order valence-corrected chi connectivity index (χ0v) is 9.88. The van der Waals surface area contributed by atoms with Gasteiger partial charge in [0.1, 0.15) is 11.5 Å². The van der Waals surface area contributed by atoms with Gasteiger partial charge in [0.25, 0.3) is 0 Å². The van der Waals surface area contributed by atoms with E-state index in [1.165, 1.54) is 0 Å². The van der Waals surface area contributed by atoms with Gasteiger partial charge in [0, 0.05) is 12.2 Å². The van der Waals surface area contributed by atoms with E-state index in [0.29, 0.717) is 19.1 Å². The van der Waals surface area contributed by atoms with E-state index in [2.05, 4.69) is 13.8 Å². The van der Waals surface area contributed by atoms with Crippen LogP contribution in [0, 0.1) is 12.8 Å². The number of ether oxygens (including phenoxy) is 1. The highest BCUT2D eigenvalue weighted by Crippen LogP contribution is 2.15. The summed E-state index contributed by atoms with van der Waals surface area (Å²) in [5.41, 5.74) is 6.60. The lowest BCUT2D eigenvalue weighted by molar-refractivity contribution is 0.110. The lowest BCUT2D eigenvalue weighted by atomic mass is 10.1. The Balaban J connectivity index is 2.33. The van der Waals surface area contributed by atoms with Crippen LogP contribution in [0.5, 0.6) is 0 Å². The Labute approximate surface area is 91.6 Å². The Morgan fingerprint density at radius 3 is 2.73 bits per heavy atom. The van der Waals surface area contributed by atoms with Crippen molar-refractivity contribution in [3.8, 4) is 0 Å². The van der Waals surface area contributed by atoms with Gasteiger partial charge in [-0.2, -0.15) is 0 Å². The van der Waals surface area contributed by atoms with E-state index in [1.54, 1.807) is 0 Å². The van der Waals surface area contributed by atoms with Gasteiger partial charge in [-0.25, -0.2) is 0 Å². The maximum Gasteiger partial charge on any atom is 0.118 e. The molecule has 0 spiro atoms. The third-order valence-corrected chi connectivity index (χ3v) is 2.37. The van der Waals surface area contributed by atoms with E-state index in [1.807, 2.05) is 13.0 Å². The summed E-state index contributed by atoms with van der Waals surface area (Å²) in [7, 11) is 0. The van der Waals surface area contributed by atoms with Gasteiger partial charge in [0.15, 0.2) is 0 Å². The first-order valence-electron chi connectivity index (χ1n) is 5.49. The zero-order valence-electron chi connectivity index (χ0n) is 9.88. The van der Waals surface area contributed by atoms with Gasteiger partial charge in [-0.15, -0.1) is 0 Å². The van der Waals surface area contributed by atoms with E-state index < -0.39 is 0 Å². The summed E-state index contributed by atoms with van der Waals surface area (Å²) in [6, 6.07) is 1.98. The van der Waals surface area contributed by atoms with Crippen LogP contribution in [0.4, 0.5) is 0 Å². The first-order valence-corrected chi connectivity index (χ1v) is 5.49. The molecule has 0 aliphatic rings. The highest BCUT2D eigenvalue weighted by Gasteiger charge is 2.06. The van der Waals surface area contributed by atoms with E-state index in [9.17, 15) is 0 Å². The van der Waals surface area contributed by atoms with E-state index >= 15 is 0 Å². The van der Waals surface area contributed by atoms with Crippen molar-refractivity contribution < 1.29 is 9.15 Å². The van der Waals surface area contributed by atoms with Crippen LogP contribution in [0.15, 0.2) is 10.5 Å². The fourth-order valence-electron chi connectivity index (χ4n) is 1.33. The zero-order chi connectivity index (χ0) is 11.3. The Morgan fingerprint density at radius 1 is 1.47 bits per heavy atom. The fourth-order valence-corrected chi connectivity index (χ4v) is 1.33. The molecule has 0 saturated heterocycles. The Kier molecular flexibility index (Phi) is 4.85. The van der Waals surface area contributed by atoms with Crippen molar-refractivity contribution in [2.45, 2.75) is 40.3 Å². The van der Waals surface area contributed by atoms with Gasteiger partial charge < -0.3 is 14.9 Å². The first kappa shape index (κ1) is 12.3. The molecule has 1 rings (SSSR count). The topological polar surface area (TPSA) is 48.4 Å². The molecule has 3 heteroatoms. The molecule has 15 heavy (non-hydrogen) atoms. The predicted octanol–water partition coefficient (Wildman–Crippen LogP) is 2.61. The fraction of sp³-hybridized carbons (Fsp3) is 0.667. The second-order valence-corrected chi connectivity index (χ2v) is 4.23. The maximum absolute atomic E-state index is 5.57. The first-order chi connectivity index (χ1) is 7.13. The van der Waals surface area contributed by atoms with Crippen LogP contribution in [0.2, 0.25) is 0 Å². The number of hydrogen-bond acceptors (Lipinski definition) is 3. The smallest absolute Gasteiger partial charge is 0.118 e. The molecule has 0 atom stereocenters.